The lowest BCUT2D eigenvalue weighted by atomic mass is 9.94. The van der Waals surface area contributed by atoms with Crippen molar-refractivity contribution in [3.8, 4) is 16.9 Å². The highest BCUT2D eigenvalue weighted by atomic mass is 16.3. The van der Waals surface area contributed by atoms with E-state index in [2.05, 4.69) is 16.9 Å². The predicted molar refractivity (Wildman–Crippen MR) is 85.8 cm³/mol. The minimum absolute atomic E-state index is 0.174. The lowest BCUT2D eigenvalue weighted by Crippen LogP contribution is -2.26. The number of aromatic hydroxyl groups is 1. The molecule has 3 aromatic rings. The molecule has 4 nitrogen and oxygen atoms in total. The molecule has 108 valence electrons. The van der Waals surface area contributed by atoms with Gasteiger partial charge in [-0.3, -0.25) is 4.79 Å². The Labute approximate surface area is 127 Å². The molecule has 0 unspecified atom stereocenters. The van der Waals surface area contributed by atoms with Gasteiger partial charge in [0.15, 0.2) is 0 Å². The number of fused-ring (bicyclic) bond motifs is 5. The van der Waals surface area contributed by atoms with E-state index >= 15 is 0 Å². The molecular weight excluding hydrogens is 276 g/mol. The summed E-state index contributed by atoms with van der Waals surface area (Å²) >= 11 is 0. The minimum atomic E-state index is -0.239. The predicted octanol–water partition coefficient (Wildman–Crippen LogP) is 3.51. The second-order valence-electron chi connectivity index (χ2n) is 5.38. The molecule has 0 saturated heterocycles. The normalized spacial score (nSPS) is 16.5. The first-order valence-corrected chi connectivity index (χ1v) is 7.06. The molecule has 2 aromatic carbocycles. The molecule has 2 heterocycles. The van der Waals surface area contributed by atoms with Crippen LogP contribution in [-0.4, -0.2) is 16.0 Å². The van der Waals surface area contributed by atoms with Gasteiger partial charge in [0, 0.05) is 16.5 Å². The van der Waals surface area contributed by atoms with Crippen LogP contribution in [-0.2, 0) is 0 Å². The molecule has 3 N–H and O–H groups in total. The monoisotopic (exact) mass is 290 g/mol. The maximum absolute atomic E-state index is 12.5. The summed E-state index contributed by atoms with van der Waals surface area (Å²) in [6, 6.07) is 12.7. The summed E-state index contributed by atoms with van der Waals surface area (Å²) < 4.78 is 0. The molecule has 0 bridgehead atoms. The Bertz CT molecular complexity index is 924. The van der Waals surface area contributed by atoms with E-state index in [4.69, 9.17) is 0 Å². The standard InChI is InChI=1S/C18H14N2O2/c1-2-14-11-5-3-4-6-12(11)16-13-9-10(21)7-8-15(13)19-17(16)18(22)20-14/h2-9,14,19,21H,1H2,(H,20,22)/t14-/m1/s1. The highest BCUT2D eigenvalue weighted by Crippen LogP contribution is 2.40. The number of hydrogen-bond acceptors (Lipinski definition) is 2. The zero-order valence-corrected chi connectivity index (χ0v) is 11.8. The molecule has 1 aliphatic heterocycles. The largest absolute Gasteiger partial charge is 0.508 e. The van der Waals surface area contributed by atoms with Gasteiger partial charge < -0.3 is 15.4 Å². The van der Waals surface area contributed by atoms with Gasteiger partial charge in [0.05, 0.1) is 6.04 Å². The van der Waals surface area contributed by atoms with Crippen LogP contribution < -0.4 is 5.32 Å². The van der Waals surface area contributed by atoms with Gasteiger partial charge in [-0.1, -0.05) is 30.3 Å². The van der Waals surface area contributed by atoms with E-state index in [1.807, 2.05) is 24.3 Å². The lowest BCUT2D eigenvalue weighted by Gasteiger charge is -2.14. The smallest absolute Gasteiger partial charge is 0.269 e. The van der Waals surface area contributed by atoms with Gasteiger partial charge in [0.2, 0.25) is 0 Å². The number of carbonyl (C=O) groups excluding carboxylic acids is 1. The number of H-pyrrole nitrogens is 1. The number of phenolic OH excluding ortho intramolecular Hbond substituents is 1. The van der Waals surface area contributed by atoms with E-state index in [0.717, 1.165) is 27.6 Å². The fourth-order valence-corrected chi connectivity index (χ4v) is 3.10. The number of rotatable bonds is 1. The van der Waals surface area contributed by atoms with Gasteiger partial charge >= 0.3 is 0 Å². The van der Waals surface area contributed by atoms with Crippen LogP contribution in [0.3, 0.4) is 0 Å². The molecule has 1 amide bonds. The van der Waals surface area contributed by atoms with Gasteiger partial charge in [0.25, 0.3) is 5.91 Å². The quantitative estimate of drug-likeness (QED) is 0.600. The maximum atomic E-state index is 12.5. The third-order valence-corrected chi connectivity index (χ3v) is 4.10. The van der Waals surface area contributed by atoms with Crippen molar-refractivity contribution < 1.29 is 9.90 Å². The third-order valence-electron chi connectivity index (χ3n) is 4.10. The average Bonchev–Trinajstić information content (AvgIpc) is 2.85. The van der Waals surface area contributed by atoms with Crippen molar-refractivity contribution in [3.05, 3.63) is 66.4 Å². The highest BCUT2D eigenvalue weighted by molar-refractivity contribution is 6.11. The van der Waals surface area contributed by atoms with E-state index in [-0.39, 0.29) is 17.7 Å². The third kappa shape index (κ3) is 1.67. The first-order valence-electron chi connectivity index (χ1n) is 7.06. The SMILES string of the molecule is C=C[C@H]1NC(=O)c2[nH]c3ccc(O)cc3c2-c2ccccc21. The number of aromatic amines is 1. The number of benzene rings is 2. The number of phenols is 1. The van der Waals surface area contributed by atoms with Gasteiger partial charge in [-0.2, -0.15) is 0 Å². The first-order chi connectivity index (χ1) is 10.7. The summed E-state index contributed by atoms with van der Waals surface area (Å²) in [4.78, 5) is 15.7. The van der Waals surface area contributed by atoms with Crippen molar-refractivity contribution in [2.24, 2.45) is 0 Å². The molecule has 0 fully saturated rings. The van der Waals surface area contributed by atoms with Crippen molar-refractivity contribution in [1.29, 1.82) is 0 Å². The average molecular weight is 290 g/mol. The summed E-state index contributed by atoms with van der Waals surface area (Å²) in [5.41, 5.74) is 4.12. The van der Waals surface area contributed by atoms with Crippen LogP contribution in [0, 0.1) is 0 Å². The molecule has 0 aliphatic carbocycles. The van der Waals surface area contributed by atoms with Gasteiger partial charge in [0.1, 0.15) is 11.4 Å². The Kier molecular flexibility index (Phi) is 2.60. The minimum Gasteiger partial charge on any atom is -0.508 e. The van der Waals surface area contributed by atoms with Crippen LogP contribution in [0.15, 0.2) is 55.1 Å². The van der Waals surface area contributed by atoms with Crippen molar-refractivity contribution in [2.45, 2.75) is 6.04 Å². The molecule has 0 spiro atoms. The van der Waals surface area contributed by atoms with E-state index in [0.29, 0.717) is 5.69 Å². The van der Waals surface area contributed by atoms with Crippen LogP contribution in [0.5, 0.6) is 5.75 Å². The Balaban J connectivity index is 2.14. The fourth-order valence-electron chi connectivity index (χ4n) is 3.10. The molecule has 4 rings (SSSR count). The Morgan fingerprint density at radius 2 is 2.00 bits per heavy atom. The van der Waals surface area contributed by atoms with Crippen molar-refractivity contribution in [1.82, 2.24) is 10.3 Å². The maximum Gasteiger partial charge on any atom is 0.269 e. The van der Waals surface area contributed by atoms with E-state index in [9.17, 15) is 9.90 Å². The molecular formula is C18H14N2O2. The summed E-state index contributed by atoms with van der Waals surface area (Å²) in [6.45, 7) is 3.82. The zero-order valence-electron chi connectivity index (χ0n) is 11.8. The van der Waals surface area contributed by atoms with Crippen molar-refractivity contribution in [3.63, 3.8) is 0 Å². The summed E-state index contributed by atoms with van der Waals surface area (Å²) in [5, 5.41) is 13.6. The second-order valence-corrected chi connectivity index (χ2v) is 5.38. The molecule has 0 radical (unpaired) electrons. The summed E-state index contributed by atoms with van der Waals surface area (Å²) in [5.74, 6) is 0.00324. The van der Waals surface area contributed by atoms with E-state index in [1.165, 1.54) is 0 Å². The highest BCUT2D eigenvalue weighted by Gasteiger charge is 2.28. The zero-order chi connectivity index (χ0) is 15.3. The van der Waals surface area contributed by atoms with Crippen LogP contribution in [0.25, 0.3) is 22.0 Å². The summed E-state index contributed by atoms with van der Waals surface area (Å²) in [7, 11) is 0. The lowest BCUT2D eigenvalue weighted by molar-refractivity contribution is 0.0942. The first kappa shape index (κ1) is 12.7. The van der Waals surface area contributed by atoms with Crippen molar-refractivity contribution in [2.75, 3.05) is 0 Å². The Morgan fingerprint density at radius 3 is 2.82 bits per heavy atom. The molecule has 1 aliphatic rings. The number of aromatic nitrogens is 1. The fraction of sp³-hybridized carbons (Fsp3) is 0.0556. The molecule has 1 aromatic heterocycles. The topological polar surface area (TPSA) is 65.1 Å². The molecule has 1 atom stereocenters. The van der Waals surface area contributed by atoms with Crippen LogP contribution in [0.4, 0.5) is 0 Å². The van der Waals surface area contributed by atoms with Crippen LogP contribution in [0.2, 0.25) is 0 Å². The summed E-state index contributed by atoms with van der Waals surface area (Å²) in [6.07, 6.45) is 1.72. The van der Waals surface area contributed by atoms with E-state index in [1.54, 1.807) is 24.3 Å². The molecule has 0 saturated carbocycles. The Morgan fingerprint density at radius 1 is 1.18 bits per heavy atom. The van der Waals surface area contributed by atoms with Crippen LogP contribution >= 0.6 is 0 Å². The second kappa shape index (κ2) is 4.49. The van der Waals surface area contributed by atoms with Crippen LogP contribution in [0.1, 0.15) is 22.1 Å². The van der Waals surface area contributed by atoms with Gasteiger partial charge in [-0.15, -0.1) is 6.58 Å². The number of hydrogen-bond donors (Lipinski definition) is 3. The molecule has 22 heavy (non-hydrogen) atoms. The van der Waals surface area contributed by atoms with Gasteiger partial charge in [-0.05, 0) is 29.3 Å². The van der Waals surface area contributed by atoms with Crippen molar-refractivity contribution >= 4 is 16.8 Å². The molecule has 4 heteroatoms. The Hall–Kier alpha value is -3.01. The van der Waals surface area contributed by atoms with Gasteiger partial charge in [-0.25, -0.2) is 0 Å². The number of nitrogens with one attached hydrogen (secondary N) is 2. The van der Waals surface area contributed by atoms with E-state index < -0.39 is 0 Å². The number of carbonyl (C=O) groups is 1. The number of amides is 1.